The Morgan fingerprint density at radius 2 is 0.735 bits per heavy atom. The topological polar surface area (TPSA) is 343 Å². The number of nitrogens with zero attached hydrogens (tertiary/aromatic N) is 6. The highest BCUT2D eigenvalue weighted by Crippen LogP contribution is 2.50. The number of benzene rings is 3. The van der Waals surface area contributed by atoms with Crippen molar-refractivity contribution in [3.8, 4) is 0 Å². The third-order valence-electron chi connectivity index (χ3n) is 16.4. The fraction of sp³-hybridized carbons (Fsp3) is 0.339. The van der Waals surface area contributed by atoms with E-state index in [2.05, 4.69) is 46.9 Å². The zero-order valence-electron chi connectivity index (χ0n) is 44.8. The highest BCUT2D eigenvalue weighted by Gasteiger charge is 2.43. The molecule has 3 unspecified atom stereocenters. The molecule has 3 aromatic heterocycles. The van der Waals surface area contributed by atoms with Gasteiger partial charge in [0.2, 0.25) is 17.7 Å². The molecular weight excluding hydrogens is 1070 g/mol. The molecular formula is C59H58N12O12. The summed E-state index contributed by atoms with van der Waals surface area (Å²) in [6, 6.07) is 18.2. The summed E-state index contributed by atoms with van der Waals surface area (Å²) < 4.78 is 0. The number of carbonyl (C=O) groups is 6. The third kappa shape index (κ3) is 12.4. The van der Waals surface area contributed by atoms with Crippen LogP contribution in [0.4, 0.5) is 51.2 Å². The molecule has 24 nitrogen and oxygen atoms in total. The van der Waals surface area contributed by atoms with Crippen molar-refractivity contribution in [3.63, 3.8) is 0 Å². The van der Waals surface area contributed by atoms with E-state index in [-0.39, 0.29) is 87.4 Å². The van der Waals surface area contributed by atoms with Gasteiger partial charge in [-0.1, -0.05) is 51.4 Å². The molecule has 0 saturated heterocycles. The number of rotatable bonds is 12. The Hall–Kier alpha value is -9.87. The smallest absolute Gasteiger partial charge is 0.293 e. The standard InChI is InChI=1S/2C20H20N4O4.C19H18N4O4/c25-19(13-7-4-8-21-11-13)23-16-10-15-14(9-17(16)24(27)28)18(20(26)22-15)12-5-2-1-3-6-12;25-19(13-6-8-21-9-7-13)23-16-11-15-14(10-17(16)24(27)28)18(20(26)22-15)12-4-2-1-3-5-12;24-18(12-6-3-7-20-10-12)22-15-9-14-13(8-16(15)23(26)27)17(19(25)21-14)11-4-1-2-5-11/h4,7-12,18H,1-3,5-6H2,(H,22,26)(H,23,25);6-12,18H,1-5H2,(H,22,26)(H,23,25);3,6-11,17H,1-2,4-5H2,(H,21,25)(H,22,24). The summed E-state index contributed by atoms with van der Waals surface area (Å²) in [6.45, 7) is 0. The monoisotopic (exact) mass is 1130 g/mol. The van der Waals surface area contributed by atoms with E-state index in [9.17, 15) is 59.1 Å². The van der Waals surface area contributed by atoms with Crippen LogP contribution in [-0.4, -0.2) is 65.2 Å². The van der Waals surface area contributed by atoms with Crippen molar-refractivity contribution in [1.29, 1.82) is 0 Å². The van der Waals surface area contributed by atoms with Gasteiger partial charge in [0.15, 0.2) is 0 Å². The Bertz CT molecular complexity index is 3380. The SMILES string of the molecule is O=C(Nc1cc2c(cc1[N+](=O)[O-])C(C1CCCC1)C(=O)N2)c1cccnc1.O=C(Nc1cc2c(cc1[N+](=O)[O-])C(C1CCCCC1)C(=O)N2)c1cccnc1.O=C(Nc1cc2c(cc1[N+](=O)[O-])C(C1CCCCC1)C(=O)N2)c1ccncc1. The van der Waals surface area contributed by atoms with E-state index in [0.29, 0.717) is 50.4 Å². The van der Waals surface area contributed by atoms with Gasteiger partial charge in [-0.3, -0.25) is 74.1 Å². The first-order valence-electron chi connectivity index (χ1n) is 27.7. The minimum Gasteiger partial charge on any atom is -0.325 e. The zero-order chi connectivity index (χ0) is 58.3. The molecule has 12 rings (SSSR count). The fourth-order valence-electron chi connectivity index (χ4n) is 12.4. The van der Waals surface area contributed by atoms with Crippen molar-refractivity contribution in [2.24, 2.45) is 17.8 Å². The molecule has 3 aromatic carbocycles. The van der Waals surface area contributed by atoms with E-state index in [1.807, 2.05) is 0 Å². The molecule has 426 valence electrons. The van der Waals surface area contributed by atoms with Crippen LogP contribution < -0.4 is 31.9 Å². The van der Waals surface area contributed by atoms with Crippen LogP contribution in [0.1, 0.15) is 155 Å². The van der Waals surface area contributed by atoms with Crippen LogP contribution >= 0.6 is 0 Å². The summed E-state index contributed by atoms with van der Waals surface area (Å²) in [4.78, 5) is 120. The van der Waals surface area contributed by atoms with E-state index in [0.717, 1.165) is 89.9 Å². The maximum Gasteiger partial charge on any atom is 0.293 e. The fourth-order valence-corrected chi connectivity index (χ4v) is 12.4. The van der Waals surface area contributed by atoms with Crippen molar-refractivity contribution in [2.75, 3.05) is 31.9 Å². The molecule has 6 aromatic rings. The van der Waals surface area contributed by atoms with Gasteiger partial charge in [0.1, 0.15) is 17.1 Å². The molecule has 0 radical (unpaired) electrons. The number of amides is 6. The molecule has 3 fully saturated rings. The summed E-state index contributed by atoms with van der Waals surface area (Å²) in [7, 11) is 0. The van der Waals surface area contributed by atoms with Gasteiger partial charge in [-0.15, -0.1) is 0 Å². The highest BCUT2D eigenvalue weighted by atomic mass is 16.6. The van der Waals surface area contributed by atoms with Crippen molar-refractivity contribution in [3.05, 3.63) is 174 Å². The second kappa shape index (κ2) is 24.9. The lowest BCUT2D eigenvalue weighted by Gasteiger charge is -2.26. The van der Waals surface area contributed by atoms with Crippen LogP contribution in [0.25, 0.3) is 0 Å². The van der Waals surface area contributed by atoms with Gasteiger partial charge in [-0.25, -0.2) is 0 Å². The van der Waals surface area contributed by atoms with Crippen LogP contribution in [0, 0.1) is 48.1 Å². The van der Waals surface area contributed by atoms with Crippen molar-refractivity contribution < 1.29 is 43.5 Å². The Balaban J connectivity index is 0.000000139. The molecule has 24 heteroatoms. The zero-order valence-corrected chi connectivity index (χ0v) is 44.8. The number of aromatic nitrogens is 3. The van der Waals surface area contributed by atoms with E-state index in [1.54, 1.807) is 24.3 Å². The number of hydrogen-bond acceptors (Lipinski definition) is 15. The van der Waals surface area contributed by atoms with Crippen molar-refractivity contribution in [2.45, 2.75) is 108 Å². The van der Waals surface area contributed by atoms with Gasteiger partial charge in [0.25, 0.3) is 34.8 Å². The molecule has 0 bridgehead atoms. The van der Waals surface area contributed by atoms with Crippen molar-refractivity contribution >= 4 is 86.6 Å². The minimum atomic E-state index is -0.534. The van der Waals surface area contributed by atoms with Gasteiger partial charge < -0.3 is 31.9 Å². The quantitative estimate of drug-likeness (QED) is 0.0490. The lowest BCUT2D eigenvalue weighted by molar-refractivity contribution is -0.384. The number of nitro groups is 3. The lowest BCUT2D eigenvalue weighted by atomic mass is 9.77. The summed E-state index contributed by atoms with van der Waals surface area (Å²) >= 11 is 0. The maximum atomic E-state index is 12.6. The molecule has 3 aliphatic carbocycles. The molecule has 6 heterocycles. The molecule has 6 aliphatic rings. The Kier molecular flexibility index (Phi) is 16.9. The van der Waals surface area contributed by atoms with E-state index in [1.165, 1.54) is 85.7 Å². The summed E-state index contributed by atoms with van der Waals surface area (Å²) in [5.74, 6) is -2.30. The Morgan fingerprint density at radius 3 is 1.04 bits per heavy atom. The predicted molar refractivity (Wildman–Crippen MR) is 305 cm³/mol. The number of carbonyl (C=O) groups excluding carboxylic acids is 6. The van der Waals surface area contributed by atoms with Gasteiger partial charge in [-0.2, -0.15) is 0 Å². The normalized spacial score (nSPS) is 18.9. The molecule has 3 aliphatic heterocycles. The first-order chi connectivity index (χ1) is 40.1. The van der Waals surface area contributed by atoms with Gasteiger partial charge in [0.05, 0.1) is 43.7 Å². The van der Waals surface area contributed by atoms with E-state index < -0.39 is 32.5 Å². The summed E-state index contributed by atoms with van der Waals surface area (Å²) in [5, 5.41) is 51.1. The second-order valence-electron chi connectivity index (χ2n) is 21.5. The minimum absolute atomic E-state index is 0.0555. The Morgan fingerprint density at radius 1 is 0.422 bits per heavy atom. The molecule has 3 saturated carbocycles. The van der Waals surface area contributed by atoms with Crippen LogP contribution in [-0.2, 0) is 14.4 Å². The average molecular weight is 1130 g/mol. The predicted octanol–water partition coefficient (Wildman–Crippen LogP) is 11.2. The van der Waals surface area contributed by atoms with Crippen LogP contribution in [0.2, 0.25) is 0 Å². The first kappa shape index (κ1) is 56.4. The van der Waals surface area contributed by atoms with Gasteiger partial charge in [-0.05, 0) is 128 Å². The molecule has 3 atom stereocenters. The number of fused-ring (bicyclic) bond motifs is 3. The molecule has 0 spiro atoms. The van der Waals surface area contributed by atoms with Crippen LogP contribution in [0.3, 0.4) is 0 Å². The molecule has 83 heavy (non-hydrogen) atoms. The van der Waals surface area contributed by atoms with E-state index >= 15 is 0 Å². The average Bonchev–Trinajstić information content (AvgIpc) is 4.42. The van der Waals surface area contributed by atoms with Crippen LogP contribution in [0.5, 0.6) is 0 Å². The van der Waals surface area contributed by atoms with Gasteiger partial charge in [0, 0.05) is 78.0 Å². The summed E-state index contributed by atoms with van der Waals surface area (Å²) in [5.41, 5.74) is 4.03. The lowest BCUT2D eigenvalue weighted by Crippen LogP contribution is -2.22. The third-order valence-corrected chi connectivity index (χ3v) is 16.4. The summed E-state index contributed by atoms with van der Waals surface area (Å²) in [6.07, 6.45) is 23.3. The van der Waals surface area contributed by atoms with Crippen molar-refractivity contribution in [1.82, 2.24) is 15.0 Å². The largest absolute Gasteiger partial charge is 0.325 e. The molecule has 6 N–H and O–H groups in total. The molecule has 6 amide bonds. The Labute approximate surface area is 474 Å². The van der Waals surface area contributed by atoms with Crippen LogP contribution in [0.15, 0.2) is 110 Å². The van der Waals surface area contributed by atoms with E-state index in [4.69, 9.17) is 0 Å². The highest BCUT2D eigenvalue weighted by molar-refractivity contribution is 6.11. The number of nitrogens with one attached hydrogen (secondary N) is 6. The van der Waals surface area contributed by atoms with Gasteiger partial charge >= 0.3 is 0 Å². The number of anilines is 6. The first-order valence-corrected chi connectivity index (χ1v) is 27.7. The second-order valence-corrected chi connectivity index (χ2v) is 21.5. The number of pyridine rings is 3. The maximum absolute atomic E-state index is 12.6. The number of hydrogen-bond donors (Lipinski definition) is 6. The number of nitro benzene ring substituents is 3.